The maximum Gasteiger partial charge on any atom is 0.254 e. The third-order valence-electron chi connectivity index (χ3n) is 4.57. The molecule has 1 amide bonds. The van der Waals surface area contributed by atoms with Crippen LogP contribution in [0.4, 0.5) is 0 Å². The minimum absolute atomic E-state index is 0.125. The first-order chi connectivity index (χ1) is 12.2. The minimum Gasteiger partial charge on any atom is -0.376 e. The van der Waals surface area contributed by atoms with Gasteiger partial charge in [-0.05, 0) is 38.0 Å². The summed E-state index contributed by atoms with van der Waals surface area (Å²) in [5.74, 6) is 0.578. The molecule has 1 N–H and O–H groups in total. The number of carbonyl (C=O) groups is 1. The van der Waals surface area contributed by atoms with E-state index in [-0.39, 0.29) is 12.0 Å². The number of benzene rings is 1. The fourth-order valence-corrected chi connectivity index (χ4v) is 3.14. The number of pyridine rings is 1. The van der Waals surface area contributed by atoms with E-state index in [0.717, 1.165) is 36.0 Å². The number of para-hydroxylation sites is 1. The van der Waals surface area contributed by atoms with Gasteiger partial charge in [0.2, 0.25) is 0 Å². The first-order valence-corrected chi connectivity index (χ1v) is 8.53. The first kappa shape index (κ1) is 15.8. The molecule has 6 nitrogen and oxygen atoms in total. The molecule has 1 aliphatic rings. The number of carbonyl (C=O) groups excluding carboxylic acids is 1. The summed E-state index contributed by atoms with van der Waals surface area (Å²) in [5.41, 5.74) is 2.24. The van der Waals surface area contributed by atoms with E-state index in [1.165, 1.54) is 0 Å². The maximum atomic E-state index is 12.4. The number of nitrogens with zero attached hydrogens (tertiary/aromatic N) is 3. The van der Waals surface area contributed by atoms with Crippen molar-refractivity contribution >= 4 is 16.8 Å². The normalized spacial score (nSPS) is 17.1. The molecule has 1 unspecified atom stereocenters. The molecule has 3 heterocycles. The highest BCUT2D eigenvalue weighted by atomic mass is 16.5. The Bertz CT molecular complexity index is 913. The lowest BCUT2D eigenvalue weighted by Gasteiger charge is -2.10. The van der Waals surface area contributed by atoms with Gasteiger partial charge in [0.05, 0.1) is 29.1 Å². The van der Waals surface area contributed by atoms with Crippen LogP contribution in [0.5, 0.6) is 0 Å². The van der Waals surface area contributed by atoms with Gasteiger partial charge in [-0.2, -0.15) is 5.10 Å². The SMILES string of the molecule is Cc1c(C(=O)NCC2CCCO2)cnn1-c1ccc2ccccc2n1. The molecule has 4 rings (SSSR count). The summed E-state index contributed by atoms with van der Waals surface area (Å²) in [6.45, 7) is 3.20. The molecule has 1 atom stereocenters. The van der Waals surface area contributed by atoms with Crippen LogP contribution >= 0.6 is 0 Å². The van der Waals surface area contributed by atoms with E-state index in [2.05, 4.69) is 15.4 Å². The largest absolute Gasteiger partial charge is 0.376 e. The van der Waals surface area contributed by atoms with Gasteiger partial charge < -0.3 is 10.1 Å². The molecule has 1 aromatic carbocycles. The van der Waals surface area contributed by atoms with Crippen molar-refractivity contribution in [3.05, 3.63) is 53.9 Å². The Hall–Kier alpha value is -2.73. The zero-order valence-corrected chi connectivity index (χ0v) is 14.1. The molecule has 2 aromatic heterocycles. The topological polar surface area (TPSA) is 69.0 Å². The predicted molar refractivity (Wildman–Crippen MR) is 94.9 cm³/mol. The molecule has 6 heteroatoms. The van der Waals surface area contributed by atoms with Crippen LogP contribution in [0.25, 0.3) is 16.7 Å². The fourth-order valence-electron chi connectivity index (χ4n) is 3.14. The third kappa shape index (κ3) is 3.13. The van der Waals surface area contributed by atoms with E-state index in [1.54, 1.807) is 10.9 Å². The average Bonchev–Trinajstić information content (AvgIpc) is 3.29. The Balaban J connectivity index is 1.55. The zero-order valence-electron chi connectivity index (χ0n) is 14.1. The maximum absolute atomic E-state index is 12.4. The fraction of sp³-hybridized carbons (Fsp3) is 0.316. The molecule has 1 fully saturated rings. The van der Waals surface area contributed by atoms with E-state index in [1.807, 2.05) is 43.3 Å². The van der Waals surface area contributed by atoms with Crippen molar-refractivity contribution in [1.82, 2.24) is 20.1 Å². The van der Waals surface area contributed by atoms with Crippen molar-refractivity contribution < 1.29 is 9.53 Å². The number of fused-ring (bicyclic) bond motifs is 1. The van der Waals surface area contributed by atoms with Gasteiger partial charge in [-0.3, -0.25) is 4.79 Å². The first-order valence-electron chi connectivity index (χ1n) is 8.53. The number of hydrogen-bond donors (Lipinski definition) is 1. The Kier molecular flexibility index (Phi) is 4.19. The minimum atomic E-state index is -0.125. The van der Waals surface area contributed by atoms with E-state index in [9.17, 15) is 4.79 Å². The van der Waals surface area contributed by atoms with Gasteiger partial charge in [-0.1, -0.05) is 18.2 Å². The number of aromatic nitrogens is 3. The summed E-state index contributed by atoms with van der Waals surface area (Å²) >= 11 is 0. The van der Waals surface area contributed by atoms with Crippen LogP contribution in [-0.2, 0) is 4.74 Å². The Morgan fingerprint density at radius 3 is 3.04 bits per heavy atom. The Labute approximate surface area is 145 Å². The van der Waals surface area contributed by atoms with Gasteiger partial charge in [0.1, 0.15) is 0 Å². The molecule has 0 radical (unpaired) electrons. The summed E-state index contributed by atoms with van der Waals surface area (Å²) in [6.07, 6.45) is 3.78. The Morgan fingerprint density at radius 2 is 2.20 bits per heavy atom. The predicted octanol–water partition coefficient (Wildman–Crippen LogP) is 2.64. The van der Waals surface area contributed by atoms with Crippen LogP contribution in [0, 0.1) is 6.92 Å². The highest BCUT2D eigenvalue weighted by molar-refractivity contribution is 5.95. The smallest absolute Gasteiger partial charge is 0.254 e. The molecule has 0 spiro atoms. The van der Waals surface area contributed by atoms with E-state index < -0.39 is 0 Å². The second-order valence-corrected chi connectivity index (χ2v) is 6.26. The number of hydrogen-bond acceptors (Lipinski definition) is 4. The van der Waals surface area contributed by atoms with Crippen molar-refractivity contribution in [3.63, 3.8) is 0 Å². The van der Waals surface area contributed by atoms with Crippen molar-refractivity contribution in [1.29, 1.82) is 0 Å². The highest BCUT2D eigenvalue weighted by Gasteiger charge is 2.19. The van der Waals surface area contributed by atoms with Crippen LogP contribution < -0.4 is 5.32 Å². The molecular formula is C19H20N4O2. The standard InChI is InChI=1S/C19H20N4O2/c1-13-16(19(24)20-11-15-6-4-10-25-15)12-21-23(13)18-9-8-14-5-2-3-7-17(14)22-18/h2-3,5,7-9,12,15H,4,6,10-11H2,1H3,(H,20,24). The van der Waals surface area contributed by atoms with Crippen LogP contribution in [0.2, 0.25) is 0 Å². The monoisotopic (exact) mass is 336 g/mol. The number of nitrogens with one attached hydrogen (secondary N) is 1. The number of amides is 1. The van der Waals surface area contributed by atoms with Crippen molar-refractivity contribution in [3.8, 4) is 5.82 Å². The molecule has 3 aromatic rings. The van der Waals surface area contributed by atoms with Gasteiger partial charge in [-0.25, -0.2) is 9.67 Å². The van der Waals surface area contributed by atoms with Gasteiger partial charge >= 0.3 is 0 Å². The van der Waals surface area contributed by atoms with Crippen LogP contribution in [0.1, 0.15) is 28.9 Å². The molecule has 128 valence electrons. The number of ether oxygens (including phenoxy) is 1. The van der Waals surface area contributed by atoms with E-state index in [0.29, 0.717) is 17.9 Å². The third-order valence-corrected chi connectivity index (χ3v) is 4.57. The lowest BCUT2D eigenvalue weighted by molar-refractivity contribution is 0.0857. The summed E-state index contributed by atoms with van der Waals surface area (Å²) in [5, 5.41) is 8.37. The quantitative estimate of drug-likeness (QED) is 0.795. The molecular weight excluding hydrogens is 316 g/mol. The summed E-state index contributed by atoms with van der Waals surface area (Å²) < 4.78 is 7.24. The van der Waals surface area contributed by atoms with Gasteiger partial charge in [-0.15, -0.1) is 0 Å². The summed E-state index contributed by atoms with van der Waals surface area (Å²) in [7, 11) is 0. The van der Waals surface area contributed by atoms with Crippen LogP contribution in [0.15, 0.2) is 42.6 Å². The molecule has 25 heavy (non-hydrogen) atoms. The van der Waals surface area contributed by atoms with E-state index in [4.69, 9.17) is 4.74 Å². The second-order valence-electron chi connectivity index (χ2n) is 6.26. The summed E-state index contributed by atoms with van der Waals surface area (Å²) in [6, 6.07) is 11.9. The second kappa shape index (κ2) is 6.64. The lowest BCUT2D eigenvalue weighted by Crippen LogP contribution is -2.32. The lowest BCUT2D eigenvalue weighted by atomic mass is 10.2. The Morgan fingerprint density at radius 1 is 1.32 bits per heavy atom. The number of rotatable bonds is 4. The van der Waals surface area contributed by atoms with Gasteiger partial charge in [0.25, 0.3) is 5.91 Å². The molecule has 0 saturated carbocycles. The van der Waals surface area contributed by atoms with Crippen LogP contribution in [-0.4, -0.2) is 39.9 Å². The van der Waals surface area contributed by atoms with E-state index >= 15 is 0 Å². The molecule has 0 bridgehead atoms. The molecule has 1 aliphatic heterocycles. The summed E-state index contributed by atoms with van der Waals surface area (Å²) in [4.78, 5) is 17.1. The van der Waals surface area contributed by atoms with Crippen molar-refractivity contribution in [2.45, 2.75) is 25.9 Å². The molecule has 1 saturated heterocycles. The average molecular weight is 336 g/mol. The van der Waals surface area contributed by atoms with Gasteiger partial charge in [0, 0.05) is 18.5 Å². The molecule has 0 aliphatic carbocycles. The van der Waals surface area contributed by atoms with Crippen molar-refractivity contribution in [2.24, 2.45) is 0 Å². The zero-order chi connectivity index (χ0) is 17.2. The van der Waals surface area contributed by atoms with Crippen LogP contribution in [0.3, 0.4) is 0 Å². The van der Waals surface area contributed by atoms with Gasteiger partial charge in [0.15, 0.2) is 5.82 Å². The van der Waals surface area contributed by atoms with Crippen molar-refractivity contribution in [2.75, 3.05) is 13.2 Å². The highest BCUT2D eigenvalue weighted by Crippen LogP contribution is 2.17.